The zero-order valence-electron chi connectivity index (χ0n) is 24.3. The third-order valence-corrected chi connectivity index (χ3v) is 8.84. The molecule has 2 saturated heterocycles. The minimum atomic E-state index is -5.10. The van der Waals surface area contributed by atoms with Crippen LogP contribution in [0.1, 0.15) is 35.9 Å². The van der Waals surface area contributed by atoms with Gasteiger partial charge >= 0.3 is 22.4 Å². The third-order valence-electron chi connectivity index (χ3n) is 6.90. The first kappa shape index (κ1) is 35.3. The summed E-state index contributed by atoms with van der Waals surface area (Å²) >= 11 is -0.0525. The number of carboxylic acid groups (broad SMARTS) is 1. The summed E-state index contributed by atoms with van der Waals surface area (Å²) in [5.41, 5.74) is 9.75. The fourth-order valence-electron chi connectivity index (χ4n) is 4.57. The lowest BCUT2D eigenvalue weighted by Gasteiger charge is -2.42. The topological polar surface area (TPSA) is 261 Å². The normalized spacial score (nSPS) is 21.5. The molecule has 2 aromatic rings. The van der Waals surface area contributed by atoms with Gasteiger partial charge in [-0.25, -0.2) is 14.1 Å². The van der Waals surface area contributed by atoms with Crippen molar-refractivity contribution in [2.24, 2.45) is 15.9 Å². The van der Waals surface area contributed by atoms with Gasteiger partial charge in [0.15, 0.2) is 10.8 Å². The molecule has 256 valence electrons. The van der Waals surface area contributed by atoms with Gasteiger partial charge in [-0.05, 0) is 50.6 Å². The monoisotopic (exact) mass is 706 g/mol. The molecule has 2 aliphatic rings. The number of nitrogens with zero attached hydrogens (tertiary/aromatic N) is 4. The van der Waals surface area contributed by atoms with Crippen LogP contribution >= 0.6 is 11.3 Å². The quantitative estimate of drug-likeness (QED) is 0.0558. The van der Waals surface area contributed by atoms with Crippen LogP contribution in [-0.2, 0) is 35.7 Å². The Labute approximate surface area is 268 Å². The number of halogens is 3. The molecule has 8 N–H and O–H groups in total. The van der Waals surface area contributed by atoms with Crippen LogP contribution in [0.2, 0.25) is 0 Å². The van der Waals surface area contributed by atoms with Crippen molar-refractivity contribution in [1.82, 2.24) is 19.9 Å². The number of piperidine rings is 1. The van der Waals surface area contributed by atoms with Gasteiger partial charge in [0.2, 0.25) is 0 Å². The molecular formula is C25H29F3N8O9S2. The van der Waals surface area contributed by atoms with Crippen LogP contribution in [0.15, 0.2) is 34.4 Å². The van der Waals surface area contributed by atoms with Crippen molar-refractivity contribution < 1.29 is 55.2 Å². The van der Waals surface area contributed by atoms with Gasteiger partial charge in [-0.1, -0.05) is 16.5 Å². The molecule has 0 unspecified atom stereocenters. The number of anilines is 1. The van der Waals surface area contributed by atoms with Crippen LogP contribution in [0.4, 0.5) is 18.3 Å². The average Bonchev–Trinajstić information content (AvgIpc) is 3.39. The van der Waals surface area contributed by atoms with E-state index in [-0.39, 0.29) is 27.4 Å². The molecule has 0 radical (unpaired) electrons. The van der Waals surface area contributed by atoms with Crippen molar-refractivity contribution in [3.63, 3.8) is 0 Å². The number of carbonyl (C=O) groups is 3. The number of carbonyl (C=O) groups excluding carboxylic acids is 2. The number of nitrogen functional groups attached to an aromatic ring is 1. The lowest BCUT2D eigenvalue weighted by atomic mass is 10.0. The Kier molecular flexibility index (Phi) is 10.6. The molecular weight excluding hydrogens is 677 g/mol. The van der Waals surface area contributed by atoms with E-state index in [4.69, 9.17) is 25.6 Å². The van der Waals surface area contributed by atoms with Crippen molar-refractivity contribution in [3.05, 3.63) is 40.4 Å². The summed E-state index contributed by atoms with van der Waals surface area (Å²) < 4.78 is 78.7. The Hall–Kier alpha value is -4.54. The lowest BCUT2D eigenvalue weighted by Crippen LogP contribution is -2.71. The van der Waals surface area contributed by atoms with E-state index in [0.29, 0.717) is 17.9 Å². The number of aromatic nitrogens is 1. The SMILES string of the molecule is C[C@@H]1[C@H](NC(=O)/C(=N\O[C@@H](COc2ccc(C(N)=N[C@@H]3CCCNC3)cc2)C(=O)O)c2nc(N)sc2C(F)(F)F)C(=O)N1S(=O)(=O)O. The Bertz CT molecular complexity index is 1680. The first-order valence-electron chi connectivity index (χ1n) is 13.7. The second-order valence-corrected chi connectivity index (χ2v) is 12.6. The maximum atomic E-state index is 13.8. The van der Waals surface area contributed by atoms with Crippen molar-refractivity contribution in [3.8, 4) is 5.75 Å². The van der Waals surface area contributed by atoms with Crippen LogP contribution in [0, 0.1) is 0 Å². The van der Waals surface area contributed by atoms with Crippen molar-refractivity contribution in [2.45, 2.75) is 50.2 Å². The highest BCUT2D eigenvalue weighted by atomic mass is 32.2. The minimum absolute atomic E-state index is 0.0256. The van der Waals surface area contributed by atoms with Gasteiger partial charge in [0.1, 0.15) is 34.8 Å². The highest BCUT2D eigenvalue weighted by Crippen LogP contribution is 2.38. The fraction of sp³-hybridized carbons (Fsp3) is 0.440. The number of ether oxygens (including phenoxy) is 1. The molecule has 1 aromatic carbocycles. The summed E-state index contributed by atoms with van der Waals surface area (Å²) in [6, 6.07) is 3.16. The van der Waals surface area contributed by atoms with E-state index < -0.39 is 80.5 Å². The number of amides is 2. The second-order valence-electron chi connectivity index (χ2n) is 10.3. The number of amidine groups is 1. The van der Waals surface area contributed by atoms with Crippen LogP contribution < -0.4 is 26.8 Å². The molecule has 2 aliphatic heterocycles. The molecule has 0 aliphatic carbocycles. The fourth-order valence-corrected chi connectivity index (χ4v) is 6.15. The molecule has 2 fully saturated rings. The molecule has 17 nitrogen and oxygen atoms in total. The number of aliphatic carboxylic acids is 1. The van der Waals surface area contributed by atoms with Crippen molar-refractivity contribution in [1.29, 1.82) is 0 Å². The number of benzene rings is 1. The number of aliphatic imine (C=N–C) groups is 1. The van der Waals surface area contributed by atoms with Crippen molar-refractivity contribution >= 4 is 56.1 Å². The predicted molar refractivity (Wildman–Crippen MR) is 159 cm³/mol. The first-order chi connectivity index (χ1) is 22.0. The van der Waals surface area contributed by atoms with E-state index in [9.17, 15) is 41.1 Å². The third kappa shape index (κ3) is 8.44. The van der Waals surface area contributed by atoms with Gasteiger partial charge in [-0.2, -0.15) is 21.6 Å². The van der Waals surface area contributed by atoms with E-state index in [0.717, 1.165) is 26.3 Å². The number of hydrogen-bond acceptors (Lipinski definition) is 13. The Morgan fingerprint density at radius 1 is 1.30 bits per heavy atom. The zero-order valence-corrected chi connectivity index (χ0v) is 25.9. The predicted octanol–water partition coefficient (Wildman–Crippen LogP) is -0.0274. The summed E-state index contributed by atoms with van der Waals surface area (Å²) in [5, 5.41) is 17.6. The number of carboxylic acids is 1. The van der Waals surface area contributed by atoms with E-state index in [1.165, 1.54) is 12.1 Å². The number of oxime groups is 1. The second kappa shape index (κ2) is 14.1. The molecule has 22 heteroatoms. The molecule has 0 spiro atoms. The number of nitrogens with two attached hydrogens (primary N) is 2. The first-order valence-corrected chi connectivity index (χ1v) is 15.9. The van der Waals surface area contributed by atoms with Crippen LogP contribution in [0.5, 0.6) is 5.75 Å². The summed E-state index contributed by atoms with van der Waals surface area (Å²) in [5.74, 6) is -4.05. The summed E-state index contributed by atoms with van der Waals surface area (Å²) in [6.07, 6.45) is -5.23. The smallest absolute Gasteiger partial charge is 0.427 e. The minimum Gasteiger partial charge on any atom is -0.489 e. The van der Waals surface area contributed by atoms with E-state index in [2.05, 4.69) is 20.4 Å². The number of alkyl halides is 3. The number of hydrogen-bond donors (Lipinski definition) is 6. The number of rotatable bonds is 12. The molecule has 2 amide bonds. The van der Waals surface area contributed by atoms with Gasteiger partial charge in [0, 0.05) is 12.1 Å². The van der Waals surface area contributed by atoms with Crippen LogP contribution in [0.3, 0.4) is 0 Å². The Balaban J connectivity index is 1.52. The molecule has 3 heterocycles. The summed E-state index contributed by atoms with van der Waals surface area (Å²) in [4.78, 5) is 48.7. The molecule has 0 saturated carbocycles. The van der Waals surface area contributed by atoms with Gasteiger partial charge in [-0.15, -0.1) is 0 Å². The van der Waals surface area contributed by atoms with Gasteiger partial charge < -0.3 is 36.8 Å². The molecule has 47 heavy (non-hydrogen) atoms. The van der Waals surface area contributed by atoms with Crippen LogP contribution in [-0.4, -0.2) is 101 Å². The van der Waals surface area contributed by atoms with E-state index in [1.54, 1.807) is 12.1 Å². The van der Waals surface area contributed by atoms with Gasteiger partial charge in [0.05, 0.1) is 12.1 Å². The Morgan fingerprint density at radius 3 is 2.53 bits per heavy atom. The van der Waals surface area contributed by atoms with E-state index >= 15 is 0 Å². The number of β-lactam (4-membered cyclic amide) rings is 1. The van der Waals surface area contributed by atoms with Crippen molar-refractivity contribution in [2.75, 3.05) is 25.4 Å². The number of thiazole rings is 1. The van der Waals surface area contributed by atoms with Crippen LogP contribution in [0.25, 0.3) is 0 Å². The Morgan fingerprint density at radius 2 is 1.98 bits per heavy atom. The zero-order chi connectivity index (χ0) is 34.7. The lowest BCUT2D eigenvalue weighted by molar-refractivity contribution is -0.152. The average molecular weight is 707 g/mol. The largest absolute Gasteiger partial charge is 0.489 e. The molecule has 4 rings (SSSR count). The maximum absolute atomic E-state index is 13.8. The highest BCUT2D eigenvalue weighted by molar-refractivity contribution is 7.84. The van der Waals surface area contributed by atoms with Gasteiger partial charge in [0.25, 0.3) is 17.9 Å². The van der Waals surface area contributed by atoms with E-state index in [1.807, 2.05) is 5.32 Å². The highest BCUT2D eigenvalue weighted by Gasteiger charge is 2.52. The standard InChI is InChI=1S/C25H29F3N8O9S2/c1-11-16(22(38)36(11)47(41,42)43)33-21(37)18(17-19(25(26,27)28)46-24(30)34-17)35-45-15(23(39)40)10-44-14-6-4-12(5-7-14)20(29)32-13-3-2-8-31-9-13/h4-7,11,13,15-16,31H,2-3,8-10H2,1H3,(H2,29,32)(H2,30,34)(H,33,37)(H,39,40)(H,41,42,43)/b35-18-/t11-,13-,15+,16+/m1/s1. The molecule has 1 aromatic heterocycles. The molecule has 4 atom stereocenters. The maximum Gasteiger partial charge on any atom is 0.427 e. The summed E-state index contributed by atoms with van der Waals surface area (Å²) in [7, 11) is -4.99. The number of nitrogens with one attached hydrogen (secondary N) is 2. The van der Waals surface area contributed by atoms with Gasteiger partial charge in [-0.3, -0.25) is 19.1 Å². The summed E-state index contributed by atoms with van der Waals surface area (Å²) in [6.45, 7) is 1.99. The molecule has 0 bridgehead atoms.